The van der Waals surface area contributed by atoms with Crippen LogP contribution in [-0.2, 0) is 4.79 Å². The van der Waals surface area contributed by atoms with E-state index in [0.717, 1.165) is 11.1 Å². The Labute approximate surface area is 71.3 Å². The van der Waals surface area contributed by atoms with Crippen LogP contribution in [-0.4, -0.2) is 6.08 Å². The lowest BCUT2D eigenvalue weighted by Crippen LogP contribution is -1.76. The van der Waals surface area contributed by atoms with Gasteiger partial charge in [-0.1, -0.05) is 18.7 Å². The zero-order valence-corrected chi connectivity index (χ0v) is 6.87. The van der Waals surface area contributed by atoms with Crippen molar-refractivity contribution in [2.24, 2.45) is 4.99 Å². The van der Waals surface area contributed by atoms with Crippen LogP contribution < -0.4 is 0 Å². The Bertz CT molecular complexity index is 349. The van der Waals surface area contributed by atoms with Crippen molar-refractivity contribution < 1.29 is 4.79 Å². The summed E-state index contributed by atoms with van der Waals surface area (Å²) in [6.07, 6.45) is 3.26. The van der Waals surface area contributed by atoms with Gasteiger partial charge in [0.1, 0.15) is 0 Å². The first-order chi connectivity index (χ1) is 5.77. The third-order valence-corrected chi connectivity index (χ3v) is 1.62. The number of hydrogen-bond donors (Lipinski definition) is 0. The van der Waals surface area contributed by atoms with Gasteiger partial charge in [-0.2, -0.15) is 4.99 Å². The van der Waals surface area contributed by atoms with Crippen LogP contribution in [0.2, 0.25) is 0 Å². The van der Waals surface area contributed by atoms with Crippen LogP contribution in [0.15, 0.2) is 29.8 Å². The predicted molar refractivity (Wildman–Crippen MR) is 49.1 cm³/mol. The lowest BCUT2D eigenvalue weighted by molar-refractivity contribution is 0.565. The highest BCUT2D eigenvalue weighted by molar-refractivity contribution is 5.58. The highest BCUT2D eigenvalue weighted by Crippen LogP contribution is 2.19. The molecule has 1 aromatic carbocycles. The third kappa shape index (κ3) is 1.68. The van der Waals surface area contributed by atoms with Crippen LogP contribution >= 0.6 is 0 Å². The fraction of sp³-hybridized carbons (Fsp3) is 0.100. The van der Waals surface area contributed by atoms with Gasteiger partial charge in [0.15, 0.2) is 0 Å². The van der Waals surface area contributed by atoms with Crippen LogP contribution in [0.3, 0.4) is 0 Å². The maximum atomic E-state index is 9.97. The third-order valence-electron chi connectivity index (χ3n) is 1.62. The average molecular weight is 159 g/mol. The van der Waals surface area contributed by atoms with E-state index in [2.05, 4.69) is 11.6 Å². The lowest BCUT2D eigenvalue weighted by Gasteiger charge is -1.98. The van der Waals surface area contributed by atoms with Crippen LogP contribution in [0.4, 0.5) is 5.69 Å². The van der Waals surface area contributed by atoms with Crippen LogP contribution in [0.1, 0.15) is 11.1 Å². The first-order valence-corrected chi connectivity index (χ1v) is 3.59. The molecule has 12 heavy (non-hydrogen) atoms. The number of nitrogens with zero attached hydrogens (tertiary/aromatic N) is 1. The van der Waals surface area contributed by atoms with Crippen molar-refractivity contribution in [3.63, 3.8) is 0 Å². The van der Waals surface area contributed by atoms with Crippen molar-refractivity contribution in [2.75, 3.05) is 0 Å². The Kier molecular flexibility index (Phi) is 2.57. The molecule has 0 bridgehead atoms. The predicted octanol–water partition coefficient (Wildman–Crippen LogP) is 2.61. The Morgan fingerprint density at radius 1 is 1.58 bits per heavy atom. The molecule has 2 heteroatoms. The number of aryl methyl sites for hydroxylation is 1. The highest BCUT2D eigenvalue weighted by Gasteiger charge is 1.95. The van der Waals surface area contributed by atoms with Crippen molar-refractivity contribution >= 4 is 17.8 Å². The van der Waals surface area contributed by atoms with Crippen molar-refractivity contribution in [3.05, 3.63) is 35.9 Å². The molecule has 0 aliphatic heterocycles. The Morgan fingerprint density at radius 3 is 2.83 bits per heavy atom. The molecule has 0 aliphatic carbocycles. The largest absolute Gasteiger partial charge is 0.240 e. The van der Waals surface area contributed by atoms with Gasteiger partial charge < -0.3 is 0 Å². The monoisotopic (exact) mass is 159 g/mol. The molecule has 60 valence electrons. The summed E-state index contributed by atoms with van der Waals surface area (Å²) in [5.74, 6) is 0. The molecule has 0 N–H and O–H groups in total. The summed E-state index contributed by atoms with van der Waals surface area (Å²) in [5, 5.41) is 0. The molecule has 0 saturated heterocycles. The number of aliphatic imine (C=N–C) groups is 1. The van der Waals surface area contributed by atoms with Gasteiger partial charge in [-0.25, -0.2) is 4.79 Å². The summed E-state index contributed by atoms with van der Waals surface area (Å²) < 4.78 is 0. The maximum Gasteiger partial charge on any atom is 0.240 e. The van der Waals surface area contributed by atoms with E-state index in [0.29, 0.717) is 5.69 Å². The molecule has 0 fully saturated rings. The minimum Gasteiger partial charge on any atom is -0.211 e. The molecule has 0 atom stereocenters. The maximum absolute atomic E-state index is 9.97. The summed E-state index contributed by atoms with van der Waals surface area (Å²) in [5.41, 5.74) is 2.64. The zero-order valence-electron chi connectivity index (χ0n) is 6.87. The van der Waals surface area contributed by atoms with Crippen LogP contribution in [0.5, 0.6) is 0 Å². The first-order valence-electron chi connectivity index (χ1n) is 3.59. The van der Waals surface area contributed by atoms with E-state index in [4.69, 9.17) is 0 Å². The van der Waals surface area contributed by atoms with Crippen LogP contribution in [0, 0.1) is 6.92 Å². The first kappa shape index (κ1) is 8.44. The highest BCUT2D eigenvalue weighted by atomic mass is 16.1. The van der Waals surface area contributed by atoms with Gasteiger partial charge in [-0.3, -0.25) is 0 Å². The lowest BCUT2D eigenvalue weighted by atomic mass is 10.1. The molecule has 0 amide bonds. The minimum absolute atomic E-state index is 0.663. The molecule has 0 unspecified atom stereocenters. The molecule has 2 nitrogen and oxygen atoms in total. The van der Waals surface area contributed by atoms with E-state index >= 15 is 0 Å². The topological polar surface area (TPSA) is 29.4 Å². The minimum atomic E-state index is 0.663. The van der Waals surface area contributed by atoms with E-state index in [1.165, 1.54) is 6.08 Å². The summed E-state index contributed by atoms with van der Waals surface area (Å²) in [6.45, 7) is 5.53. The number of isocyanates is 1. The molecule has 0 heterocycles. The zero-order chi connectivity index (χ0) is 8.97. The molecule has 0 spiro atoms. The normalized spacial score (nSPS) is 8.75. The van der Waals surface area contributed by atoms with Crippen LogP contribution in [0.25, 0.3) is 6.08 Å². The van der Waals surface area contributed by atoms with Gasteiger partial charge in [-0.05, 0) is 30.2 Å². The van der Waals surface area contributed by atoms with Crippen molar-refractivity contribution in [3.8, 4) is 0 Å². The Balaban J connectivity index is 3.19. The van der Waals surface area contributed by atoms with Gasteiger partial charge in [0.2, 0.25) is 6.08 Å². The summed E-state index contributed by atoms with van der Waals surface area (Å²) >= 11 is 0. The second-order valence-electron chi connectivity index (χ2n) is 2.45. The molecule has 0 saturated carbocycles. The molecule has 1 aromatic rings. The standard InChI is InChI=1S/C10H9NO/c1-3-9-4-5-10(11-7-12)8(2)6-9/h3-6H,1H2,2H3. The fourth-order valence-corrected chi connectivity index (χ4v) is 0.980. The van der Waals surface area contributed by atoms with Crippen molar-refractivity contribution in [1.82, 2.24) is 0 Å². The SMILES string of the molecule is C=Cc1ccc(N=C=O)c(C)c1. The molecular weight excluding hydrogens is 150 g/mol. The Morgan fingerprint density at radius 2 is 2.33 bits per heavy atom. The smallest absolute Gasteiger partial charge is 0.211 e. The fourth-order valence-electron chi connectivity index (χ4n) is 0.980. The average Bonchev–Trinajstić information content (AvgIpc) is 2.09. The second kappa shape index (κ2) is 3.65. The molecule has 1 rings (SSSR count). The van der Waals surface area contributed by atoms with Gasteiger partial charge in [0.05, 0.1) is 5.69 Å². The molecule has 0 aromatic heterocycles. The molecule has 0 radical (unpaired) electrons. The van der Waals surface area contributed by atoms with Gasteiger partial charge in [0, 0.05) is 0 Å². The summed E-state index contributed by atoms with van der Waals surface area (Å²) in [4.78, 5) is 13.5. The van der Waals surface area contributed by atoms with E-state index in [9.17, 15) is 4.79 Å². The number of hydrogen-bond acceptors (Lipinski definition) is 2. The Hall–Kier alpha value is -1.66. The van der Waals surface area contributed by atoms with E-state index in [-0.39, 0.29) is 0 Å². The number of carbonyl (C=O) groups excluding carboxylic acids is 1. The quantitative estimate of drug-likeness (QED) is 0.481. The molecular formula is C10H9NO. The van der Waals surface area contributed by atoms with E-state index in [1.807, 2.05) is 19.1 Å². The van der Waals surface area contributed by atoms with E-state index in [1.54, 1.807) is 12.1 Å². The van der Waals surface area contributed by atoms with Gasteiger partial charge in [-0.15, -0.1) is 0 Å². The second-order valence-corrected chi connectivity index (χ2v) is 2.45. The van der Waals surface area contributed by atoms with Gasteiger partial charge >= 0.3 is 0 Å². The van der Waals surface area contributed by atoms with Crippen molar-refractivity contribution in [2.45, 2.75) is 6.92 Å². The van der Waals surface area contributed by atoms with Crippen molar-refractivity contribution in [1.29, 1.82) is 0 Å². The number of benzene rings is 1. The summed E-state index contributed by atoms with van der Waals surface area (Å²) in [7, 11) is 0. The summed E-state index contributed by atoms with van der Waals surface area (Å²) in [6, 6.07) is 5.55. The van der Waals surface area contributed by atoms with Gasteiger partial charge in [0.25, 0.3) is 0 Å². The number of rotatable bonds is 2. The van der Waals surface area contributed by atoms with E-state index < -0.39 is 0 Å². The molecule has 0 aliphatic rings.